The highest BCUT2D eigenvalue weighted by Crippen LogP contribution is 2.32. The zero-order valence-corrected chi connectivity index (χ0v) is 14.7. The van der Waals surface area contributed by atoms with Gasteiger partial charge in [-0.15, -0.1) is 11.3 Å². The summed E-state index contributed by atoms with van der Waals surface area (Å²) in [6, 6.07) is 3.73. The fourth-order valence-electron chi connectivity index (χ4n) is 2.16. The van der Waals surface area contributed by atoms with Crippen LogP contribution in [0.15, 0.2) is 12.1 Å². The first-order valence-electron chi connectivity index (χ1n) is 7.64. The van der Waals surface area contributed by atoms with Crippen molar-refractivity contribution >= 4 is 17.2 Å². The second-order valence-electron chi connectivity index (χ2n) is 6.27. The lowest BCUT2D eigenvalue weighted by Crippen LogP contribution is -2.38. The van der Waals surface area contributed by atoms with Gasteiger partial charge in [-0.2, -0.15) is 0 Å². The highest BCUT2D eigenvalue weighted by molar-refractivity contribution is 7.12. The molecule has 4 nitrogen and oxygen atoms in total. The summed E-state index contributed by atoms with van der Waals surface area (Å²) in [5.74, 6) is -0.308. The summed E-state index contributed by atoms with van der Waals surface area (Å²) in [6.07, 6.45) is 0. The molecule has 5 heteroatoms. The first-order valence-corrected chi connectivity index (χ1v) is 8.46. The zero-order valence-electron chi connectivity index (χ0n) is 13.9. The van der Waals surface area contributed by atoms with Crippen LogP contribution >= 0.6 is 11.3 Å². The van der Waals surface area contributed by atoms with Crippen molar-refractivity contribution in [3.05, 3.63) is 21.9 Å². The topological polar surface area (TPSA) is 58.4 Å². The van der Waals surface area contributed by atoms with Gasteiger partial charge in [0.05, 0.1) is 0 Å². The minimum absolute atomic E-state index is 0.104. The minimum atomic E-state index is -0.387. The quantitative estimate of drug-likeness (QED) is 0.775. The molecule has 0 saturated carbocycles. The lowest BCUT2D eigenvalue weighted by Gasteiger charge is -2.20. The van der Waals surface area contributed by atoms with Crippen LogP contribution in [0.2, 0.25) is 0 Å². The molecular weight excluding hydrogens is 282 g/mol. The van der Waals surface area contributed by atoms with Crippen LogP contribution in [0.3, 0.4) is 0 Å². The summed E-state index contributed by atoms with van der Waals surface area (Å²) in [7, 11) is 0. The normalized spacial score (nSPS) is 13.6. The van der Waals surface area contributed by atoms with Crippen molar-refractivity contribution in [2.24, 2.45) is 5.73 Å². The van der Waals surface area contributed by atoms with Crippen molar-refractivity contribution < 1.29 is 4.79 Å². The molecule has 1 amide bonds. The predicted molar refractivity (Wildman–Crippen MR) is 90.7 cm³/mol. The molecule has 0 aromatic carbocycles. The van der Waals surface area contributed by atoms with Crippen LogP contribution in [-0.2, 0) is 10.2 Å². The summed E-state index contributed by atoms with van der Waals surface area (Å²) in [4.78, 5) is 16.3. The van der Waals surface area contributed by atoms with Crippen molar-refractivity contribution in [2.75, 3.05) is 26.2 Å². The molecule has 21 heavy (non-hydrogen) atoms. The average molecular weight is 311 g/mol. The molecule has 1 unspecified atom stereocenters. The highest BCUT2D eigenvalue weighted by Gasteiger charge is 2.22. The number of hydrogen-bond acceptors (Lipinski definition) is 4. The Morgan fingerprint density at radius 2 is 1.95 bits per heavy atom. The van der Waals surface area contributed by atoms with E-state index in [1.807, 2.05) is 6.07 Å². The van der Waals surface area contributed by atoms with Gasteiger partial charge in [0.25, 0.3) is 0 Å². The number of thiophene rings is 1. The molecule has 0 aliphatic heterocycles. The number of carbonyl (C=O) groups is 1. The molecule has 0 fully saturated rings. The van der Waals surface area contributed by atoms with Crippen molar-refractivity contribution in [2.45, 2.75) is 46.1 Å². The molecule has 0 aliphatic carbocycles. The molecule has 0 radical (unpaired) electrons. The van der Waals surface area contributed by atoms with Gasteiger partial charge >= 0.3 is 0 Å². The Balaban J connectivity index is 2.70. The minimum Gasteiger partial charge on any atom is -0.368 e. The molecule has 0 aliphatic rings. The van der Waals surface area contributed by atoms with Gasteiger partial charge in [-0.3, -0.25) is 4.79 Å². The average Bonchev–Trinajstić information content (AvgIpc) is 2.88. The third-order valence-electron chi connectivity index (χ3n) is 3.61. The van der Waals surface area contributed by atoms with Gasteiger partial charge in [-0.05, 0) is 30.6 Å². The van der Waals surface area contributed by atoms with E-state index in [0.29, 0.717) is 0 Å². The van der Waals surface area contributed by atoms with E-state index >= 15 is 0 Å². The van der Waals surface area contributed by atoms with Gasteiger partial charge in [-0.1, -0.05) is 34.6 Å². The number of nitrogens with one attached hydrogen (secondary N) is 1. The van der Waals surface area contributed by atoms with Gasteiger partial charge < -0.3 is 16.0 Å². The van der Waals surface area contributed by atoms with Gasteiger partial charge in [0.15, 0.2) is 0 Å². The number of rotatable bonds is 8. The second-order valence-corrected chi connectivity index (χ2v) is 7.38. The maximum absolute atomic E-state index is 11.7. The summed E-state index contributed by atoms with van der Waals surface area (Å²) in [5, 5.41) is 3.29. The van der Waals surface area contributed by atoms with E-state index in [2.05, 4.69) is 50.9 Å². The lowest BCUT2D eigenvalue weighted by molar-refractivity contribution is -0.120. The Morgan fingerprint density at radius 3 is 2.38 bits per heavy atom. The number of carbonyl (C=O) groups excluding carboxylic acids is 1. The number of amides is 1. The molecule has 0 bridgehead atoms. The summed E-state index contributed by atoms with van der Waals surface area (Å²) in [6.45, 7) is 14.5. The van der Waals surface area contributed by atoms with E-state index < -0.39 is 0 Å². The van der Waals surface area contributed by atoms with Crippen LogP contribution in [0, 0.1) is 0 Å². The molecule has 0 saturated heterocycles. The third kappa shape index (κ3) is 5.41. The van der Waals surface area contributed by atoms with Crippen LogP contribution in [0.1, 0.15) is 50.4 Å². The summed E-state index contributed by atoms with van der Waals surface area (Å²) >= 11 is 1.67. The second kappa shape index (κ2) is 7.92. The number of likely N-dealkylation sites (N-methyl/N-ethyl adjacent to an activating group) is 1. The Morgan fingerprint density at radius 1 is 1.33 bits per heavy atom. The van der Waals surface area contributed by atoms with E-state index in [0.717, 1.165) is 31.1 Å². The zero-order chi connectivity index (χ0) is 16.0. The maximum Gasteiger partial charge on any atom is 0.239 e. The monoisotopic (exact) mass is 311 g/mol. The third-order valence-corrected chi connectivity index (χ3v) is 5.18. The molecule has 0 spiro atoms. The Labute approximate surface area is 132 Å². The molecule has 1 aromatic heterocycles. The number of nitrogens with two attached hydrogens (primary N) is 1. The molecule has 120 valence electrons. The van der Waals surface area contributed by atoms with Crippen molar-refractivity contribution in [1.29, 1.82) is 0 Å². The highest BCUT2D eigenvalue weighted by atomic mass is 32.1. The SMILES string of the molecule is CCN(CC)CCNC(C(N)=O)c1ccc(C(C)(C)C)s1. The molecule has 1 rings (SSSR count). The van der Waals surface area contributed by atoms with E-state index in [-0.39, 0.29) is 17.4 Å². The first-order chi connectivity index (χ1) is 9.79. The van der Waals surface area contributed by atoms with Crippen LogP contribution in [0.4, 0.5) is 0 Å². The molecule has 1 atom stereocenters. The molecule has 3 N–H and O–H groups in total. The summed E-state index contributed by atoms with van der Waals surface area (Å²) in [5.41, 5.74) is 5.66. The lowest BCUT2D eigenvalue weighted by atomic mass is 9.95. The maximum atomic E-state index is 11.7. The van der Waals surface area contributed by atoms with Crippen molar-refractivity contribution in [1.82, 2.24) is 10.2 Å². The van der Waals surface area contributed by atoms with Crippen LogP contribution in [0.5, 0.6) is 0 Å². The van der Waals surface area contributed by atoms with Gasteiger partial charge in [0.2, 0.25) is 5.91 Å². The fourth-order valence-corrected chi connectivity index (χ4v) is 3.31. The largest absolute Gasteiger partial charge is 0.368 e. The van der Waals surface area contributed by atoms with Gasteiger partial charge in [-0.25, -0.2) is 0 Å². The van der Waals surface area contributed by atoms with Crippen LogP contribution < -0.4 is 11.1 Å². The number of nitrogens with zero attached hydrogens (tertiary/aromatic N) is 1. The van der Waals surface area contributed by atoms with Crippen LogP contribution in [-0.4, -0.2) is 37.0 Å². The van der Waals surface area contributed by atoms with E-state index in [1.165, 1.54) is 4.88 Å². The molecule has 1 heterocycles. The van der Waals surface area contributed by atoms with Crippen molar-refractivity contribution in [3.8, 4) is 0 Å². The van der Waals surface area contributed by atoms with Gasteiger partial charge in [0.1, 0.15) is 6.04 Å². The van der Waals surface area contributed by atoms with Crippen molar-refractivity contribution in [3.63, 3.8) is 0 Å². The number of primary amides is 1. The smallest absolute Gasteiger partial charge is 0.239 e. The number of hydrogen-bond donors (Lipinski definition) is 2. The Hall–Kier alpha value is -0.910. The van der Waals surface area contributed by atoms with Crippen LogP contribution in [0.25, 0.3) is 0 Å². The van der Waals surface area contributed by atoms with Gasteiger partial charge in [0, 0.05) is 22.8 Å². The molecular formula is C16H29N3OS. The molecule has 1 aromatic rings. The first kappa shape index (κ1) is 18.1. The Bertz CT molecular complexity index is 447. The van der Waals surface area contributed by atoms with E-state index in [9.17, 15) is 4.79 Å². The Kier molecular flexibility index (Phi) is 6.84. The standard InChI is InChI=1S/C16H29N3OS/c1-6-19(7-2)11-10-18-14(15(17)20)12-8-9-13(21-12)16(3,4)5/h8-9,14,18H,6-7,10-11H2,1-5H3,(H2,17,20). The van der Waals surface area contributed by atoms with E-state index in [4.69, 9.17) is 5.73 Å². The summed E-state index contributed by atoms with van der Waals surface area (Å²) < 4.78 is 0. The predicted octanol–water partition coefficient (Wildman–Crippen LogP) is 2.50. The van der Waals surface area contributed by atoms with E-state index in [1.54, 1.807) is 11.3 Å². The fraction of sp³-hybridized carbons (Fsp3) is 0.688.